The van der Waals surface area contributed by atoms with Crippen molar-refractivity contribution in [1.82, 2.24) is 9.62 Å². The first-order valence-electron chi connectivity index (χ1n) is 5.50. The molecule has 1 saturated heterocycles. The summed E-state index contributed by atoms with van der Waals surface area (Å²) in [6, 6.07) is 8.05. The van der Waals surface area contributed by atoms with Crippen molar-refractivity contribution in [3.05, 3.63) is 35.9 Å². The Labute approximate surface area is 140 Å². The van der Waals surface area contributed by atoms with Crippen molar-refractivity contribution in [3.63, 3.8) is 0 Å². The number of rotatable bonds is 4. The Bertz CT molecular complexity index is 610. The minimum absolute atomic E-state index is 0. The molecule has 1 unspecified atom stereocenters. The van der Waals surface area contributed by atoms with Gasteiger partial charge in [-0.2, -0.15) is 8.42 Å². The molecule has 104 valence electrons. The van der Waals surface area contributed by atoms with E-state index in [0.29, 0.717) is 4.31 Å². The first-order valence-corrected chi connectivity index (χ1v) is 6.90. The third-order valence-corrected chi connectivity index (χ3v) is 3.60. The minimum Gasteiger partial charge on any atom is -1.00 e. The van der Waals surface area contributed by atoms with Crippen LogP contribution in [-0.4, -0.2) is 41.7 Å². The Balaban J connectivity index is 0.00000200. The molecule has 2 N–H and O–H groups in total. The normalized spacial score (nSPS) is 17.9. The summed E-state index contributed by atoms with van der Waals surface area (Å²) in [6.07, 6.45) is 0.108. The number of benzene rings is 1. The molecule has 0 spiro atoms. The molecule has 2 rings (SSSR count). The molecule has 1 aliphatic heterocycles. The molecule has 7 nitrogen and oxygen atoms in total. The van der Waals surface area contributed by atoms with E-state index in [1.807, 2.05) is 6.07 Å². The second kappa shape index (κ2) is 6.68. The Kier molecular flexibility index (Phi) is 5.72. The van der Waals surface area contributed by atoms with E-state index in [1.54, 1.807) is 24.3 Å². The average Bonchev–Trinajstić information content (AvgIpc) is 2.33. The summed E-state index contributed by atoms with van der Waals surface area (Å²) in [7, 11) is -4.51. The van der Waals surface area contributed by atoms with Crippen LogP contribution in [0.15, 0.2) is 30.3 Å². The van der Waals surface area contributed by atoms with Crippen molar-refractivity contribution in [2.45, 2.75) is 12.5 Å². The molecule has 9 heteroatoms. The fourth-order valence-corrected chi connectivity index (χ4v) is 2.43. The second-order valence-electron chi connectivity index (χ2n) is 4.13. The standard InChI is InChI=1S/C11H12N2O5S.Na.H/c14-10(6-8-4-2-1-3-5-8)12-9-7-13(11(9)15)19(16,17)18;;/h1-5,9H,6-7H2,(H,12,14)(H,16,17,18);;/q;+1;-1. The van der Waals surface area contributed by atoms with Gasteiger partial charge < -0.3 is 6.74 Å². The van der Waals surface area contributed by atoms with Crippen LogP contribution in [0.1, 0.15) is 6.99 Å². The van der Waals surface area contributed by atoms with Gasteiger partial charge in [0.2, 0.25) is 5.91 Å². The summed E-state index contributed by atoms with van der Waals surface area (Å²) in [4.78, 5) is 23.0. The van der Waals surface area contributed by atoms with Gasteiger partial charge in [-0.1, -0.05) is 30.3 Å². The van der Waals surface area contributed by atoms with Crippen LogP contribution in [-0.2, 0) is 26.3 Å². The predicted octanol–water partition coefficient (Wildman–Crippen LogP) is -3.52. The van der Waals surface area contributed by atoms with Gasteiger partial charge in [0, 0.05) is 0 Å². The van der Waals surface area contributed by atoms with E-state index in [4.69, 9.17) is 4.55 Å². The second-order valence-corrected chi connectivity index (χ2v) is 5.47. The Morgan fingerprint density at radius 1 is 1.40 bits per heavy atom. The van der Waals surface area contributed by atoms with E-state index < -0.39 is 22.3 Å². The van der Waals surface area contributed by atoms with Crippen LogP contribution in [0.25, 0.3) is 0 Å². The predicted molar refractivity (Wildman–Crippen MR) is 66.5 cm³/mol. The Morgan fingerprint density at radius 3 is 2.50 bits per heavy atom. The van der Waals surface area contributed by atoms with E-state index >= 15 is 0 Å². The maximum absolute atomic E-state index is 11.6. The first kappa shape index (κ1) is 17.1. The number of hydrogen-bond acceptors (Lipinski definition) is 4. The van der Waals surface area contributed by atoms with Gasteiger partial charge >= 0.3 is 39.9 Å². The van der Waals surface area contributed by atoms with Gasteiger partial charge in [-0.25, -0.2) is 4.31 Å². The summed E-state index contributed by atoms with van der Waals surface area (Å²) >= 11 is 0. The molecular formula is C11H13N2NaO5S. The Morgan fingerprint density at radius 2 is 2.00 bits per heavy atom. The number of β-lactam (4-membered cyclic amide) rings is 1. The zero-order chi connectivity index (χ0) is 14.0. The smallest absolute Gasteiger partial charge is 1.00 e. The Hall–Kier alpha value is -0.930. The molecule has 1 heterocycles. The van der Waals surface area contributed by atoms with Crippen LogP contribution >= 0.6 is 0 Å². The van der Waals surface area contributed by atoms with Gasteiger partial charge in [0.05, 0.1) is 13.0 Å². The summed E-state index contributed by atoms with van der Waals surface area (Å²) in [5.41, 5.74) is 0.790. The van der Waals surface area contributed by atoms with Gasteiger partial charge in [0.25, 0.3) is 5.91 Å². The molecule has 0 bridgehead atoms. The molecule has 1 atom stereocenters. The summed E-state index contributed by atoms with van der Waals surface area (Å²) in [5, 5.41) is 2.41. The van der Waals surface area contributed by atoms with Crippen LogP contribution in [0, 0.1) is 0 Å². The number of nitrogens with one attached hydrogen (secondary N) is 1. The summed E-state index contributed by atoms with van der Waals surface area (Å²) in [6.45, 7) is -0.238. The van der Waals surface area contributed by atoms with E-state index in [2.05, 4.69) is 5.32 Å². The number of carbonyl (C=O) groups is 2. The number of hydrogen-bond donors (Lipinski definition) is 2. The molecule has 1 aliphatic rings. The third kappa shape index (κ3) is 4.03. The largest absolute Gasteiger partial charge is 1.00 e. The number of nitrogens with zero attached hydrogens (tertiary/aromatic N) is 1. The first-order chi connectivity index (χ1) is 8.88. The van der Waals surface area contributed by atoms with Gasteiger partial charge in [0.1, 0.15) is 6.04 Å². The molecule has 1 aromatic rings. The third-order valence-electron chi connectivity index (χ3n) is 2.71. The fourth-order valence-electron chi connectivity index (χ4n) is 1.74. The molecule has 1 aromatic carbocycles. The SMILES string of the molecule is O=C(Cc1ccccc1)NC1CN(S(=O)(=O)O)C1=O.[H-].[Na+]. The number of amides is 2. The van der Waals surface area contributed by atoms with Crippen LogP contribution in [0.3, 0.4) is 0 Å². The van der Waals surface area contributed by atoms with Crippen LogP contribution in [0.2, 0.25) is 0 Å². The van der Waals surface area contributed by atoms with Crippen molar-refractivity contribution >= 4 is 22.1 Å². The van der Waals surface area contributed by atoms with E-state index in [1.165, 1.54) is 0 Å². The maximum atomic E-state index is 11.6. The molecule has 0 aliphatic carbocycles. The van der Waals surface area contributed by atoms with Crippen LogP contribution < -0.4 is 34.9 Å². The average molecular weight is 308 g/mol. The quantitative estimate of drug-likeness (QED) is 0.341. The molecule has 20 heavy (non-hydrogen) atoms. The topological polar surface area (TPSA) is 104 Å². The van der Waals surface area contributed by atoms with Gasteiger partial charge in [-0.05, 0) is 5.56 Å². The van der Waals surface area contributed by atoms with Gasteiger partial charge in [0.15, 0.2) is 0 Å². The zero-order valence-electron chi connectivity index (χ0n) is 11.8. The maximum Gasteiger partial charge on any atom is 1.00 e. The molecule has 1 fully saturated rings. The monoisotopic (exact) mass is 308 g/mol. The van der Waals surface area contributed by atoms with E-state index in [-0.39, 0.29) is 49.9 Å². The molecule has 0 saturated carbocycles. The molecule has 0 radical (unpaired) electrons. The molecule has 0 aromatic heterocycles. The van der Waals surface area contributed by atoms with Crippen molar-refractivity contribution < 1.29 is 53.5 Å². The molecule has 2 amide bonds. The van der Waals surface area contributed by atoms with E-state index in [9.17, 15) is 18.0 Å². The van der Waals surface area contributed by atoms with Gasteiger partial charge in [-0.3, -0.25) is 14.1 Å². The summed E-state index contributed by atoms with van der Waals surface area (Å²) in [5.74, 6) is -1.21. The van der Waals surface area contributed by atoms with Gasteiger partial charge in [-0.15, -0.1) is 0 Å². The minimum atomic E-state index is -4.51. The van der Waals surface area contributed by atoms with Crippen molar-refractivity contribution in [2.24, 2.45) is 0 Å². The van der Waals surface area contributed by atoms with Crippen molar-refractivity contribution in [1.29, 1.82) is 0 Å². The van der Waals surface area contributed by atoms with Crippen LogP contribution in [0.4, 0.5) is 0 Å². The van der Waals surface area contributed by atoms with E-state index in [0.717, 1.165) is 5.56 Å². The van der Waals surface area contributed by atoms with Crippen molar-refractivity contribution in [2.75, 3.05) is 6.54 Å². The number of carbonyl (C=O) groups excluding carboxylic acids is 2. The van der Waals surface area contributed by atoms with Crippen LogP contribution in [0.5, 0.6) is 0 Å². The fraction of sp³-hybridized carbons (Fsp3) is 0.273. The summed E-state index contributed by atoms with van der Waals surface area (Å²) < 4.78 is 30.4. The molecular weight excluding hydrogens is 295 g/mol. The zero-order valence-corrected chi connectivity index (χ0v) is 13.6. The van der Waals surface area contributed by atoms with Crippen molar-refractivity contribution in [3.8, 4) is 0 Å².